The molecule has 1 atom stereocenters. The molecule has 1 amide bonds. The molecule has 1 unspecified atom stereocenters. The Labute approximate surface area is 180 Å². The van der Waals surface area contributed by atoms with Gasteiger partial charge in [-0.1, -0.05) is 12.1 Å². The number of amides is 1. The molecule has 158 valence electrons. The Morgan fingerprint density at radius 1 is 1.27 bits per heavy atom. The van der Waals surface area contributed by atoms with Crippen LogP contribution in [-0.2, 0) is 21.1 Å². The van der Waals surface area contributed by atoms with Gasteiger partial charge < -0.3 is 9.88 Å². The van der Waals surface area contributed by atoms with Crippen LogP contribution in [0, 0.1) is 20.8 Å². The minimum atomic E-state index is -2.95. The van der Waals surface area contributed by atoms with E-state index in [4.69, 9.17) is 0 Å². The largest absolute Gasteiger partial charge is 0.344 e. The Morgan fingerprint density at radius 3 is 2.77 bits per heavy atom. The molecule has 3 aromatic rings. The lowest BCUT2D eigenvalue weighted by Gasteiger charge is -2.16. The lowest BCUT2D eigenvalue weighted by Crippen LogP contribution is -2.14. The molecule has 6 nitrogen and oxygen atoms in total. The quantitative estimate of drug-likeness (QED) is 0.644. The summed E-state index contributed by atoms with van der Waals surface area (Å²) in [5.74, 6) is 0.355. The number of nitrogens with one attached hydrogen (secondary N) is 1. The zero-order valence-electron chi connectivity index (χ0n) is 17.3. The predicted octanol–water partition coefficient (Wildman–Crippen LogP) is 4.08. The Kier molecular flexibility index (Phi) is 5.55. The topological polar surface area (TPSA) is 81.1 Å². The van der Waals surface area contributed by atoms with E-state index in [0.29, 0.717) is 6.42 Å². The molecule has 1 fully saturated rings. The second kappa shape index (κ2) is 8.00. The summed E-state index contributed by atoms with van der Waals surface area (Å²) in [6.07, 6.45) is 0.873. The monoisotopic (exact) mass is 443 g/mol. The van der Waals surface area contributed by atoms with Crippen LogP contribution in [0.3, 0.4) is 0 Å². The van der Waals surface area contributed by atoms with Crippen LogP contribution in [0.15, 0.2) is 35.7 Å². The van der Waals surface area contributed by atoms with Crippen LogP contribution in [0.1, 0.15) is 34.4 Å². The molecule has 4 rings (SSSR count). The van der Waals surface area contributed by atoms with Gasteiger partial charge in [-0.2, -0.15) is 0 Å². The van der Waals surface area contributed by atoms with Crippen LogP contribution in [0.5, 0.6) is 0 Å². The molecule has 1 aliphatic rings. The van der Waals surface area contributed by atoms with E-state index in [1.165, 1.54) is 11.3 Å². The van der Waals surface area contributed by atoms with Gasteiger partial charge in [0.1, 0.15) is 5.01 Å². The van der Waals surface area contributed by atoms with Crippen LogP contribution in [0.4, 0.5) is 5.69 Å². The first-order valence-electron chi connectivity index (χ1n) is 9.92. The number of aryl methyl sites for hydroxylation is 2. The minimum Gasteiger partial charge on any atom is -0.344 e. The van der Waals surface area contributed by atoms with E-state index in [-0.39, 0.29) is 29.9 Å². The summed E-state index contributed by atoms with van der Waals surface area (Å²) >= 11 is 1.47. The first kappa shape index (κ1) is 20.8. The molecule has 0 bridgehead atoms. The van der Waals surface area contributed by atoms with Crippen molar-refractivity contribution in [2.24, 2.45) is 0 Å². The van der Waals surface area contributed by atoms with E-state index in [1.54, 1.807) is 0 Å². The van der Waals surface area contributed by atoms with Gasteiger partial charge in [0.05, 0.1) is 23.6 Å². The van der Waals surface area contributed by atoms with Gasteiger partial charge in [0.25, 0.3) is 0 Å². The van der Waals surface area contributed by atoms with Gasteiger partial charge in [-0.3, -0.25) is 4.79 Å². The summed E-state index contributed by atoms with van der Waals surface area (Å²) in [6.45, 7) is 6.00. The summed E-state index contributed by atoms with van der Waals surface area (Å²) in [6, 6.07) is 9.76. The van der Waals surface area contributed by atoms with E-state index in [9.17, 15) is 13.2 Å². The number of aromatic nitrogens is 2. The number of thiazole rings is 1. The molecular weight excluding hydrogens is 418 g/mol. The molecule has 3 heterocycles. The first-order valence-corrected chi connectivity index (χ1v) is 12.6. The van der Waals surface area contributed by atoms with Crippen molar-refractivity contribution >= 4 is 32.8 Å². The summed E-state index contributed by atoms with van der Waals surface area (Å²) < 4.78 is 25.9. The fraction of sp³-hybridized carbons (Fsp3) is 0.364. The number of rotatable bonds is 5. The second-order valence-electron chi connectivity index (χ2n) is 7.93. The zero-order valence-corrected chi connectivity index (χ0v) is 18.9. The van der Waals surface area contributed by atoms with E-state index in [2.05, 4.69) is 20.9 Å². The third kappa shape index (κ3) is 4.34. The lowest BCUT2D eigenvalue weighted by atomic mass is 10.2. The Bertz CT molecular complexity index is 1210. The smallest absolute Gasteiger partial charge is 0.231 e. The highest BCUT2D eigenvalue weighted by Gasteiger charge is 2.31. The Morgan fingerprint density at radius 2 is 2.07 bits per heavy atom. The fourth-order valence-corrected chi connectivity index (χ4v) is 6.65. The van der Waals surface area contributed by atoms with Crippen LogP contribution < -0.4 is 5.32 Å². The van der Waals surface area contributed by atoms with Gasteiger partial charge in [-0.25, -0.2) is 13.4 Å². The average Bonchev–Trinajstić information content (AvgIpc) is 3.32. The van der Waals surface area contributed by atoms with Crippen molar-refractivity contribution in [3.63, 3.8) is 0 Å². The van der Waals surface area contributed by atoms with Crippen molar-refractivity contribution < 1.29 is 13.2 Å². The first-order chi connectivity index (χ1) is 14.2. The summed E-state index contributed by atoms with van der Waals surface area (Å²) in [5.41, 5.74) is 5.77. The molecular formula is C22H25N3O3S2. The zero-order chi connectivity index (χ0) is 21.5. The normalized spacial score (nSPS) is 17.9. The molecule has 0 saturated carbocycles. The van der Waals surface area contributed by atoms with Gasteiger partial charge >= 0.3 is 0 Å². The van der Waals surface area contributed by atoms with E-state index < -0.39 is 9.84 Å². The number of hydrogen-bond donors (Lipinski definition) is 1. The molecule has 1 N–H and O–H groups in total. The minimum absolute atomic E-state index is 0.0121. The fourth-order valence-electron chi connectivity index (χ4n) is 4.16. The Hall–Kier alpha value is -2.45. The van der Waals surface area contributed by atoms with Crippen LogP contribution >= 0.6 is 11.3 Å². The number of carbonyl (C=O) groups is 1. The number of carbonyl (C=O) groups excluding carboxylic acids is 1. The Balaban J connectivity index is 1.50. The van der Waals surface area contributed by atoms with Gasteiger partial charge in [-0.15, -0.1) is 11.3 Å². The third-order valence-corrected chi connectivity index (χ3v) is 8.10. The summed E-state index contributed by atoms with van der Waals surface area (Å²) in [7, 11) is -2.95. The third-order valence-electron chi connectivity index (χ3n) is 5.50. The lowest BCUT2D eigenvalue weighted by molar-refractivity contribution is -0.115. The molecule has 0 radical (unpaired) electrons. The number of hydrogen-bond acceptors (Lipinski definition) is 5. The highest BCUT2D eigenvalue weighted by atomic mass is 32.2. The number of benzene rings is 1. The summed E-state index contributed by atoms with van der Waals surface area (Å²) in [5, 5.41) is 5.63. The van der Waals surface area contributed by atoms with Crippen molar-refractivity contribution in [2.75, 3.05) is 16.8 Å². The molecule has 2 aromatic heterocycles. The second-order valence-corrected chi connectivity index (χ2v) is 11.1. The number of anilines is 1. The standard InChI is InChI=1S/C22H25N3O3S2/c1-14-5-4-6-17(9-14)23-21(26)11-22-24-20(12-29-22)19-10-15(2)25(16(19)3)18-7-8-30(27,28)13-18/h4-6,9-10,12,18H,7-8,11,13H2,1-3H3,(H,23,26). The van der Waals surface area contributed by atoms with Crippen molar-refractivity contribution in [1.82, 2.24) is 9.55 Å². The summed E-state index contributed by atoms with van der Waals surface area (Å²) in [4.78, 5) is 17.1. The highest BCUT2D eigenvalue weighted by Crippen LogP contribution is 2.34. The van der Waals surface area contributed by atoms with Crippen LogP contribution in [-0.4, -0.2) is 35.4 Å². The predicted molar refractivity (Wildman–Crippen MR) is 121 cm³/mol. The van der Waals surface area contributed by atoms with Gasteiger partial charge in [0, 0.05) is 34.1 Å². The molecule has 1 aromatic carbocycles. The van der Waals surface area contributed by atoms with Crippen LogP contribution in [0.25, 0.3) is 11.3 Å². The molecule has 1 aliphatic heterocycles. The van der Waals surface area contributed by atoms with E-state index >= 15 is 0 Å². The van der Waals surface area contributed by atoms with Gasteiger partial charge in [0.15, 0.2) is 9.84 Å². The molecule has 0 spiro atoms. The van der Waals surface area contributed by atoms with E-state index in [1.807, 2.05) is 50.4 Å². The van der Waals surface area contributed by atoms with Crippen molar-refractivity contribution in [3.05, 3.63) is 57.7 Å². The van der Waals surface area contributed by atoms with E-state index in [0.717, 1.165) is 38.9 Å². The number of nitrogens with zero attached hydrogens (tertiary/aromatic N) is 2. The maximum Gasteiger partial charge on any atom is 0.231 e. The molecule has 8 heteroatoms. The maximum absolute atomic E-state index is 12.4. The molecule has 1 saturated heterocycles. The molecule has 30 heavy (non-hydrogen) atoms. The average molecular weight is 444 g/mol. The maximum atomic E-state index is 12.4. The van der Waals surface area contributed by atoms with Crippen LogP contribution in [0.2, 0.25) is 0 Å². The number of sulfone groups is 1. The SMILES string of the molecule is Cc1cccc(NC(=O)Cc2nc(-c3cc(C)n(C4CCS(=O)(=O)C4)c3C)cs2)c1. The van der Waals surface area contributed by atoms with Gasteiger partial charge in [-0.05, 0) is 51.0 Å². The van der Waals surface area contributed by atoms with Gasteiger partial charge in [0.2, 0.25) is 5.91 Å². The van der Waals surface area contributed by atoms with Crippen molar-refractivity contribution in [2.45, 2.75) is 39.7 Å². The van der Waals surface area contributed by atoms with Crippen molar-refractivity contribution in [3.8, 4) is 11.3 Å². The molecule has 0 aliphatic carbocycles. The highest BCUT2D eigenvalue weighted by molar-refractivity contribution is 7.91. The van der Waals surface area contributed by atoms with Crippen molar-refractivity contribution in [1.29, 1.82) is 0 Å².